The van der Waals surface area contributed by atoms with Crippen LogP contribution in [0.5, 0.6) is 0 Å². The van der Waals surface area contributed by atoms with Crippen molar-refractivity contribution in [1.29, 1.82) is 0 Å². The lowest BCUT2D eigenvalue weighted by Gasteiger charge is -2.35. The molecule has 0 aromatic carbocycles. The Morgan fingerprint density at radius 3 is 2.54 bits per heavy atom. The molecule has 2 unspecified atom stereocenters. The summed E-state index contributed by atoms with van der Waals surface area (Å²) < 4.78 is 0. The Bertz CT molecular complexity index is 1010. The van der Waals surface area contributed by atoms with Gasteiger partial charge in [-0.3, -0.25) is 9.97 Å². The number of rotatable bonds is 8. The normalized spacial score (nSPS) is 27.3. The van der Waals surface area contributed by atoms with E-state index in [1.54, 1.807) is 0 Å². The lowest BCUT2D eigenvalue weighted by Crippen LogP contribution is -2.46. The van der Waals surface area contributed by atoms with Crippen LogP contribution in [-0.4, -0.2) is 66.5 Å². The Hall–Kier alpha value is -2.74. The first-order valence-corrected chi connectivity index (χ1v) is 13.5. The quantitative estimate of drug-likeness (QED) is 0.609. The van der Waals surface area contributed by atoms with E-state index in [1.807, 2.05) is 18.6 Å². The van der Waals surface area contributed by atoms with E-state index < -0.39 is 0 Å². The van der Waals surface area contributed by atoms with Crippen LogP contribution in [0.25, 0.3) is 0 Å². The Balaban J connectivity index is 1.16. The zero-order valence-electron chi connectivity index (χ0n) is 20.9. The van der Waals surface area contributed by atoms with Gasteiger partial charge in [0.2, 0.25) is 0 Å². The molecule has 0 bridgehead atoms. The first-order valence-electron chi connectivity index (χ1n) is 13.5. The van der Waals surface area contributed by atoms with Crippen LogP contribution in [-0.2, 0) is 5.41 Å². The van der Waals surface area contributed by atoms with Crippen LogP contribution in [0.3, 0.4) is 0 Å². The molecule has 3 fully saturated rings. The molecule has 35 heavy (non-hydrogen) atoms. The fraction of sp³-hybridized carbons (Fsp3) is 0.630. The molecule has 0 radical (unpaired) electrons. The summed E-state index contributed by atoms with van der Waals surface area (Å²) in [5.41, 5.74) is 6.06. The molecule has 5 heterocycles. The summed E-state index contributed by atoms with van der Waals surface area (Å²) in [6.45, 7) is 8.45. The number of hydrogen-bond donors (Lipinski definition) is 2. The number of nitrogens with one attached hydrogen (secondary N) is 2. The molecule has 2 N–H and O–H groups in total. The van der Waals surface area contributed by atoms with E-state index in [9.17, 15) is 0 Å². The van der Waals surface area contributed by atoms with Crippen molar-refractivity contribution in [3.8, 4) is 0 Å². The van der Waals surface area contributed by atoms with Crippen molar-refractivity contribution in [3.63, 3.8) is 0 Å². The molecule has 2 aromatic rings. The van der Waals surface area contributed by atoms with E-state index >= 15 is 0 Å². The van der Waals surface area contributed by atoms with Crippen molar-refractivity contribution in [2.45, 2.75) is 62.8 Å². The van der Waals surface area contributed by atoms with Crippen LogP contribution >= 0.6 is 0 Å². The molecule has 0 amide bonds. The van der Waals surface area contributed by atoms with Crippen molar-refractivity contribution < 1.29 is 0 Å². The third-order valence-corrected chi connectivity index (χ3v) is 8.47. The lowest BCUT2D eigenvalue weighted by atomic mass is 9.73. The second kappa shape index (κ2) is 9.72. The van der Waals surface area contributed by atoms with Crippen molar-refractivity contribution >= 4 is 17.7 Å². The minimum atomic E-state index is -0.353. The van der Waals surface area contributed by atoms with Gasteiger partial charge in [0.05, 0.1) is 35.4 Å². The molecule has 6 rings (SSSR count). The summed E-state index contributed by atoms with van der Waals surface area (Å²) in [6, 6.07) is 5.03. The van der Waals surface area contributed by atoms with Crippen molar-refractivity contribution in [2.75, 3.05) is 49.1 Å². The second-order valence-corrected chi connectivity index (χ2v) is 10.9. The maximum absolute atomic E-state index is 4.95. The second-order valence-electron chi connectivity index (χ2n) is 10.9. The van der Waals surface area contributed by atoms with E-state index in [0.717, 1.165) is 49.3 Å². The van der Waals surface area contributed by atoms with Gasteiger partial charge in [0, 0.05) is 56.6 Å². The summed E-state index contributed by atoms with van der Waals surface area (Å²) in [6.07, 6.45) is 15.7. The lowest BCUT2D eigenvalue weighted by molar-refractivity contribution is 0.416. The predicted octanol–water partition coefficient (Wildman–Crippen LogP) is 3.07. The third kappa shape index (κ3) is 4.73. The van der Waals surface area contributed by atoms with E-state index in [2.05, 4.69) is 50.9 Å². The van der Waals surface area contributed by atoms with Gasteiger partial charge in [0.15, 0.2) is 0 Å². The van der Waals surface area contributed by atoms with Crippen LogP contribution in [0.4, 0.5) is 11.5 Å². The van der Waals surface area contributed by atoms with E-state index in [-0.39, 0.29) is 11.3 Å². The van der Waals surface area contributed by atoms with E-state index in [0.29, 0.717) is 12.6 Å². The van der Waals surface area contributed by atoms with Gasteiger partial charge < -0.3 is 20.5 Å². The van der Waals surface area contributed by atoms with Gasteiger partial charge >= 0.3 is 0 Å². The third-order valence-electron chi connectivity index (χ3n) is 8.47. The van der Waals surface area contributed by atoms with Crippen LogP contribution in [0, 0.1) is 5.92 Å². The van der Waals surface area contributed by atoms with Crippen molar-refractivity contribution in [1.82, 2.24) is 25.7 Å². The molecule has 4 aliphatic rings. The van der Waals surface area contributed by atoms with E-state index in [4.69, 9.17) is 15.0 Å². The summed E-state index contributed by atoms with van der Waals surface area (Å²) >= 11 is 0. The fourth-order valence-corrected chi connectivity index (χ4v) is 5.84. The molecule has 1 saturated carbocycles. The Kier molecular flexibility index (Phi) is 6.31. The first kappa shape index (κ1) is 22.7. The average molecular weight is 475 g/mol. The summed E-state index contributed by atoms with van der Waals surface area (Å²) in [5.74, 6) is 2.03. The van der Waals surface area contributed by atoms with Gasteiger partial charge in [-0.2, -0.15) is 5.10 Å². The number of hydrogen-bond acceptors (Lipinski definition) is 8. The first-order chi connectivity index (χ1) is 17.2. The standard InChI is InChI=1S/C27H38N8/c1-20(27(18-32-33-19-27)25-15-31-26(16-30-25)34-10-2-3-11-34)24-9-8-23(14-29-24)35-12-4-5-22(17-35)28-13-21-6-7-21/h8-9,14-16,18,20-22,28,33H,2-7,10-13,17,19H2,1H3/t20?,22-,27?/m1/s1. The van der Waals surface area contributed by atoms with E-state index in [1.165, 1.54) is 50.8 Å². The number of aromatic nitrogens is 3. The highest BCUT2D eigenvalue weighted by Crippen LogP contribution is 2.38. The van der Waals surface area contributed by atoms with Crippen molar-refractivity contribution in [2.24, 2.45) is 11.0 Å². The average Bonchev–Trinajstić information content (AvgIpc) is 3.35. The summed E-state index contributed by atoms with van der Waals surface area (Å²) in [4.78, 5) is 19.4. The molecule has 2 aromatic heterocycles. The monoisotopic (exact) mass is 474 g/mol. The van der Waals surface area contributed by atoms with Crippen LogP contribution in [0.1, 0.15) is 62.8 Å². The summed E-state index contributed by atoms with van der Waals surface area (Å²) in [7, 11) is 0. The zero-order valence-corrected chi connectivity index (χ0v) is 20.9. The zero-order chi connectivity index (χ0) is 23.7. The highest BCUT2D eigenvalue weighted by atomic mass is 15.3. The molecular formula is C27H38N8. The van der Waals surface area contributed by atoms with Gasteiger partial charge in [-0.15, -0.1) is 0 Å². The molecule has 8 heteroatoms. The Morgan fingerprint density at radius 2 is 1.86 bits per heavy atom. The maximum Gasteiger partial charge on any atom is 0.147 e. The molecular weight excluding hydrogens is 436 g/mol. The Labute approximate surface area is 208 Å². The van der Waals surface area contributed by atoms with Crippen LogP contribution in [0.15, 0.2) is 35.8 Å². The molecule has 3 atom stereocenters. The Morgan fingerprint density at radius 1 is 1.00 bits per heavy atom. The molecule has 186 valence electrons. The summed E-state index contributed by atoms with van der Waals surface area (Å²) in [5, 5.41) is 8.19. The minimum Gasteiger partial charge on any atom is -0.369 e. The van der Waals surface area contributed by atoms with Gasteiger partial charge in [-0.1, -0.05) is 6.92 Å². The largest absolute Gasteiger partial charge is 0.369 e. The topological polar surface area (TPSA) is 81.6 Å². The number of anilines is 2. The molecule has 1 aliphatic carbocycles. The van der Waals surface area contributed by atoms with Gasteiger partial charge in [0.25, 0.3) is 0 Å². The number of hydrazone groups is 1. The van der Waals surface area contributed by atoms with Crippen LogP contribution in [0.2, 0.25) is 0 Å². The highest BCUT2D eigenvalue weighted by Gasteiger charge is 2.42. The number of nitrogens with zero attached hydrogens (tertiary/aromatic N) is 6. The van der Waals surface area contributed by atoms with Crippen molar-refractivity contribution in [3.05, 3.63) is 42.1 Å². The van der Waals surface area contributed by atoms with Gasteiger partial charge in [0.1, 0.15) is 5.82 Å². The predicted molar refractivity (Wildman–Crippen MR) is 140 cm³/mol. The van der Waals surface area contributed by atoms with Crippen LogP contribution < -0.4 is 20.5 Å². The molecule has 0 spiro atoms. The molecule has 8 nitrogen and oxygen atoms in total. The molecule has 2 saturated heterocycles. The highest BCUT2D eigenvalue weighted by molar-refractivity contribution is 5.76. The SMILES string of the molecule is CC(c1ccc(N2CCC[C@@H](NCC3CC3)C2)cn1)C1(c2cnc(N3CCCC3)cn2)C=NNC1. The maximum atomic E-state index is 4.95. The van der Waals surface area contributed by atoms with Gasteiger partial charge in [-0.25, -0.2) is 4.98 Å². The minimum absolute atomic E-state index is 0.122. The fourth-order valence-electron chi connectivity index (χ4n) is 5.84. The number of pyridine rings is 1. The number of piperidine rings is 1. The smallest absolute Gasteiger partial charge is 0.147 e. The van der Waals surface area contributed by atoms with Gasteiger partial charge in [-0.05, 0) is 63.1 Å². The molecule has 3 aliphatic heterocycles.